The minimum atomic E-state index is -1.17. The Morgan fingerprint density at radius 1 is 1.44 bits per heavy atom. The molecule has 2 rings (SSSR count). The number of nitrogens with two attached hydrogens (primary N) is 1. The van der Waals surface area contributed by atoms with Crippen LogP contribution in [0.4, 0.5) is 11.4 Å². The fourth-order valence-electron chi connectivity index (χ4n) is 1.71. The van der Waals surface area contributed by atoms with Crippen molar-refractivity contribution in [1.29, 1.82) is 0 Å². The summed E-state index contributed by atoms with van der Waals surface area (Å²) in [7, 11) is 0. The first kappa shape index (κ1) is 12.3. The van der Waals surface area contributed by atoms with Gasteiger partial charge in [-0.1, -0.05) is 0 Å². The predicted octanol–water partition coefficient (Wildman–Crippen LogP) is 0.0360. The van der Waals surface area contributed by atoms with Crippen molar-refractivity contribution in [1.82, 2.24) is 0 Å². The summed E-state index contributed by atoms with van der Waals surface area (Å²) in [6, 6.07) is 3.88. The van der Waals surface area contributed by atoms with Gasteiger partial charge in [-0.15, -0.1) is 0 Å². The summed E-state index contributed by atoms with van der Waals surface area (Å²) in [5.41, 5.74) is 7.49. The second kappa shape index (κ2) is 4.58. The standard InChI is InChI=1S/C12H13N3O3/c1-6(16)11(13)12(18)14-8-2-3-9-7(4-8)5-10(17)15-9/h2-4,11H,5,13H2,1H3,(H,14,18)(H,15,17). The fraction of sp³-hybridized carbons (Fsp3) is 0.250. The number of hydrogen-bond donors (Lipinski definition) is 3. The summed E-state index contributed by atoms with van der Waals surface area (Å²) in [6.45, 7) is 1.26. The molecule has 0 bridgehead atoms. The molecule has 4 N–H and O–H groups in total. The Morgan fingerprint density at radius 2 is 2.17 bits per heavy atom. The third kappa shape index (κ3) is 2.38. The van der Waals surface area contributed by atoms with Gasteiger partial charge in [-0.05, 0) is 30.7 Å². The third-order valence-electron chi connectivity index (χ3n) is 2.72. The van der Waals surface area contributed by atoms with Gasteiger partial charge >= 0.3 is 0 Å². The maximum absolute atomic E-state index is 11.6. The quantitative estimate of drug-likeness (QED) is 0.656. The summed E-state index contributed by atoms with van der Waals surface area (Å²) >= 11 is 0. The number of rotatable bonds is 3. The highest BCUT2D eigenvalue weighted by atomic mass is 16.2. The lowest BCUT2D eigenvalue weighted by Crippen LogP contribution is -2.41. The molecule has 94 valence electrons. The van der Waals surface area contributed by atoms with Crippen LogP contribution in [0.25, 0.3) is 0 Å². The minimum absolute atomic E-state index is 0.0751. The first-order valence-electron chi connectivity index (χ1n) is 5.47. The molecule has 1 aromatic carbocycles. The number of ketones is 1. The van der Waals surface area contributed by atoms with E-state index in [1.165, 1.54) is 6.92 Å². The van der Waals surface area contributed by atoms with Gasteiger partial charge in [0, 0.05) is 11.4 Å². The molecule has 0 saturated carbocycles. The molecule has 0 aromatic heterocycles. The van der Waals surface area contributed by atoms with E-state index < -0.39 is 17.7 Å². The molecule has 0 radical (unpaired) electrons. The number of Topliss-reactive ketones (excluding diaryl/α,β-unsaturated/α-hetero) is 1. The van der Waals surface area contributed by atoms with Gasteiger partial charge in [-0.3, -0.25) is 14.4 Å². The molecule has 1 atom stereocenters. The van der Waals surface area contributed by atoms with Crippen molar-refractivity contribution < 1.29 is 14.4 Å². The van der Waals surface area contributed by atoms with Gasteiger partial charge in [-0.25, -0.2) is 0 Å². The van der Waals surface area contributed by atoms with Gasteiger partial charge in [0.1, 0.15) is 6.04 Å². The molecule has 18 heavy (non-hydrogen) atoms. The summed E-state index contributed by atoms with van der Waals surface area (Å²) < 4.78 is 0. The van der Waals surface area contributed by atoms with Crippen LogP contribution in [-0.4, -0.2) is 23.6 Å². The van der Waals surface area contributed by atoms with Crippen LogP contribution in [0.3, 0.4) is 0 Å². The molecule has 1 aliphatic heterocycles. The molecular weight excluding hydrogens is 234 g/mol. The minimum Gasteiger partial charge on any atom is -0.326 e. The molecular formula is C12H13N3O3. The smallest absolute Gasteiger partial charge is 0.248 e. The summed E-state index contributed by atoms with van der Waals surface area (Å²) in [5, 5.41) is 5.23. The Balaban J connectivity index is 2.12. The maximum Gasteiger partial charge on any atom is 0.248 e. The van der Waals surface area contributed by atoms with Crippen molar-refractivity contribution in [2.45, 2.75) is 19.4 Å². The average molecular weight is 247 g/mol. The summed E-state index contributed by atoms with van der Waals surface area (Å²) in [4.78, 5) is 33.7. The normalized spacial score (nSPS) is 14.7. The van der Waals surface area contributed by atoms with Crippen LogP contribution in [0.5, 0.6) is 0 Å². The Kier molecular flexibility index (Phi) is 3.12. The third-order valence-corrected chi connectivity index (χ3v) is 2.72. The van der Waals surface area contributed by atoms with Gasteiger partial charge in [-0.2, -0.15) is 0 Å². The van der Waals surface area contributed by atoms with Gasteiger partial charge in [0.05, 0.1) is 6.42 Å². The monoisotopic (exact) mass is 247 g/mol. The fourth-order valence-corrected chi connectivity index (χ4v) is 1.71. The predicted molar refractivity (Wildman–Crippen MR) is 66.1 cm³/mol. The van der Waals surface area contributed by atoms with E-state index in [1.54, 1.807) is 18.2 Å². The number of anilines is 2. The highest BCUT2D eigenvalue weighted by molar-refractivity contribution is 6.10. The van der Waals surface area contributed by atoms with E-state index >= 15 is 0 Å². The number of benzene rings is 1. The number of carbonyl (C=O) groups excluding carboxylic acids is 3. The van der Waals surface area contributed by atoms with E-state index in [-0.39, 0.29) is 12.3 Å². The lowest BCUT2D eigenvalue weighted by atomic mass is 10.1. The van der Waals surface area contributed by atoms with Crippen molar-refractivity contribution >= 4 is 29.0 Å². The van der Waals surface area contributed by atoms with E-state index in [9.17, 15) is 14.4 Å². The average Bonchev–Trinajstić information content (AvgIpc) is 2.67. The van der Waals surface area contributed by atoms with Gasteiger partial charge in [0.25, 0.3) is 0 Å². The Labute approximate surface area is 104 Å². The van der Waals surface area contributed by atoms with Gasteiger partial charge in [0.15, 0.2) is 5.78 Å². The maximum atomic E-state index is 11.6. The molecule has 0 spiro atoms. The molecule has 6 heteroatoms. The zero-order chi connectivity index (χ0) is 13.3. The highest BCUT2D eigenvalue weighted by Gasteiger charge is 2.20. The molecule has 1 unspecified atom stereocenters. The first-order valence-corrected chi connectivity index (χ1v) is 5.47. The molecule has 1 aliphatic rings. The molecule has 0 fully saturated rings. The van der Waals surface area contributed by atoms with Gasteiger partial charge in [0.2, 0.25) is 11.8 Å². The van der Waals surface area contributed by atoms with Crippen LogP contribution in [-0.2, 0) is 20.8 Å². The number of hydrogen-bond acceptors (Lipinski definition) is 4. The van der Waals surface area contributed by atoms with Crippen molar-refractivity contribution in [3.8, 4) is 0 Å². The molecule has 6 nitrogen and oxygen atoms in total. The Bertz CT molecular complexity index is 539. The summed E-state index contributed by atoms with van der Waals surface area (Å²) in [5.74, 6) is -1.03. The van der Waals surface area contributed by atoms with Crippen LogP contribution < -0.4 is 16.4 Å². The number of amides is 2. The summed E-state index contributed by atoms with van der Waals surface area (Å²) in [6.07, 6.45) is 0.289. The first-order chi connectivity index (χ1) is 8.47. The van der Waals surface area contributed by atoms with Crippen LogP contribution in [0.1, 0.15) is 12.5 Å². The number of carbonyl (C=O) groups is 3. The lowest BCUT2D eigenvalue weighted by molar-refractivity contribution is -0.126. The molecule has 1 heterocycles. The van der Waals surface area contributed by atoms with E-state index in [0.29, 0.717) is 5.69 Å². The Hall–Kier alpha value is -2.21. The molecule has 2 amide bonds. The van der Waals surface area contributed by atoms with E-state index in [1.807, 2.05) is 0 Å². The second-order valence-electron chi connectivity index (χ2n) is 4.17. The van der Waals surface area contributed by atoms with E-state index in [0.717, 1.165) is 11.3 Å². The SMILES string of the molecule is CC(=O)C(N)C(=O)Nc1ccc2c(c1)CC(=O)N2. The van der Waals surface area contributed by atoms with Gasteiger partial charge < -0.3 is 16.4 Å². The lowest BCUT2D eigenvalue weighted by Gasteiger charge is -2.10. The van der Waals surface area contributed by atoms with Crippen molar-refractivity contribution in [3.63, 3.8) is 0 Å². The zero-order valence-electron chi connectivity index (χ0n) is 9.82. The van der Waals surface area contributed by atoms with Crippen molar-refractivity contribution in [2.75, 3.05) is 10.6 Å². The molecule has 1 aromatic rings. The Morgan fingerprint density at radius 3 is 2.83 bits per heavy atom. The van der Waals surface area contributed by atoms with Crippen LogP contribution in [0.15, 0.2) is 18.2 Å². The van der Waals surface area contributed by atoms with Crippen molar-refractivity contribution in [2.24, 2.45) is 5.73 Å². The van der Waals surface area contributed by atoms with Crippen LogP contribution >= 0.6 is 0 Å². The number of fused-ring (bicyclic) bond motifs is 1. The molecule has 0 saturated heterocycles. The zero-order valence-corrected chi connectivity index (χ0v) is 9.82. The largest absolute Gasteiger partial charge is 0.326 e. The molecule has 0 aliphatic carbocycles. The van der Waals surface area contributed by atoms with E-state index in [2.05, 4.69) is 10.6 Å². The van der Waals surface area contributed by atoms with Crippen LogP contribution in [0, 0.1) is 0 Å². The second-order valence-corrected chi connectivity index (χ2v) is 4.17. The van der Waals surface area contributed by atoms with E-state index in [4.69, 9.17) is 5.73 Å². The topological polar surface area (TPSA) is 101 Å². The van der Waals surface area contributed by atoms with Crippen LogP contribution in [0.2, 0.25) is 0 Å². The number of nitrogens with one attached hydrogen (secondary N) is 2. The highest BCUT2D eigenvalue weighted by Crippen LogP contribution is 2.25. The van der Waals surface area contributed by atoms with Crippen molar-refractivity contribution in [3.05, 3.63) is 23.8 Å².